The predicted octanol–water partition coefficient (Wildman–Crippen LogP) is 0.622. The van der Waals surface area contributed by atoms with E-state index in [1.54, 1.807) is 20.8 Å². The van der Waals surface area contributed by atoms with Crippen LogP contribution in [0.25, 0.3) is 0 Å². The Balaban J connectivity index is 2.75. The summed E-state index contributed by atoms with van der Waals surface area (Å²) in [6, 6.07) is -1.02. The van der Waals surface area contributed by atoms with Gasteiger partial charge in [0.15, 0.2) is 0 Å². The number of carboxylic acids is 1. The molecule has 18 heavy (non-hydrogen) atoms. The minimum Gasteiger partial charge on any atom is -0.480 e. The van der Waals surface area contributed by atoms with Gasteiger partial charge in [0.05, 0.1) is 6.54 Å². The quantitative estimate of drug-likeness (QED) is 0.747. The Morgan fingerprint density at radius 1 is 1.39 bits per heavy atom. The second-order valence-electron chi connectivity index (χ2n) is 5.08. The number of aliphatic carboxylic acids is 1. The van der Waals surface area contributed by atoms with Gasteiger partial charge < -0.3 is 14.6 Å². The van der Waals surface area contributed by atoms with Gasteiger partial charge in [0.1, 0.15) is 17.7 Å². The van der Waals surface area contributed by atoms with Gasteiger partial charge in [-0.1, -0.05) is 0 Å². The standard InChI is InChI=1S/C11H17NO6/c1-11(2,3)18-10(16)12-5-7(17-6-13)4-8(12)9(14)15/h6-8H,4-5H2,1-3H3,(H,14,15)/t7-,8-/m0/s1. The van der Waals surface area contributed by atoms with Crippen LogP contribution in [-0.2, 0) is 19.1 Å². The molecule has 0 aromatic carbocycles. The number of carboxylic acid groups (broad SMARTS) is 1. The first-order valence-corrected chi connectivity index (χ1v) is 5.56. The molecule has 1 saturated heterocycles. The Labute approximate surface area is 105 Å². The van der Waals surface area contributed by atoms with Gasteiger partial charge in [-0.3, -0.25) is 9.69 Å². The average molecular weight is 259 g/mol. The van der Waals surface area contributed by atoms with Crippen LogP contribution in [0.4, 0.5) is 4.79 Å². The van der Waals surface area contributed by atoms with Gasteiger partial charge in [0.25, 0.3) is 6.47 Å². The van der Waals surface area contributed by atoms with E-state index in [0.29, 0.717) is 0 Å². The highest BCUT2D eigenvalue weighted by Crippen LogP contribution is 2.23. The summed E-state index contributed by atoms with van der Waals surface area (Å²) < 4.78 is 9.81. The zero-order valence-corrected chi connectivity index (χ0v) is 10.6. The van der Waals surface area contributed by atoms with Gasteiger partial charge in [-0.2, -0.15) is 0 Å². The number of nitrogens with zero attached hydrogens (tertiary/aromatic N) is 1. The van der Waals surface area contributed by atoms with Crippen LogP contribution in [-0.4, -0.2) is 52.8 Å². The third-order valence-corrected chi connectivity index (χ3v) is 2.42. The molecule has 2 atom stereocenters. The first-order chi connectivity index (χ1) is 8.24. The third-order valence-electron chi connectivity index (χ3n) is 2.42. The van der Waals surface area contributed by atoms with Crippen molar-refractivity contribution >= 4 is 18.5 Å². The summed E-state index contributed by atoms with van der Waals surface area (Å²) in [5, 5.41) is 9.02. The zero-order valence-electron chi connectivity index (χ0n) is 10.6. The van der Waals surface area contributed by atoms with Crippen LogP contribution >= 0.6 is 0 Å². The Hall–Kier alpha value is -1.79. The van der Waals surface area contributed by atoms with E-state index < -0.39 is 29.8 Å². The number of hydrogen-bond acceptors (Lipinski definition) is 5. The van der Waals surface area contributed by atoms with Gasteiger partial charge in [0.2, 0.25) is 0 Å². The molecular formula is C11H17NO6. The van der Waals surface area contributed by atoms with Crippen LogP contribution in [0.15, 0.2) is 0 Å². The number of amides is 1. The van der Waals surface area contributed by atoms with Crippen molar-refractivity contribution in [3.8, 4) is 0 Å². The molecule has 0 saturated carbocycles. The van der Waals surface area contributed by atoms with Crippen molar-refractivity contribution < 1.29 is 29.0 Å². The highest BCUT2D eigenvalue weighted by molar-refractivity contribution is 5.81. The van der Waals surface area contributed by atoms with Crippen LogP contribution < -0.4 is 0 Å². The van der Waals surface area contributed by atoms with Crippen molar-refractivity contribution in [2.75, 3.05) is 6.54 Å². The van der Waals surface area contributed by atoms with E-state index in [9.17, 15) is 14.4 Å². The lowest BCUT2D eigenvalue weighted by molar-refractivity contribution is -0.142. The maximum absolute atomic E-state index is 11.8. The smallest absolute Gasteiger partial charge is 0.411 e. The van der Waals surface area contributed by atoms with Crippen molar-refractivity contribution in [1.82, 2.24) is 4.90 Å². The minimum absolute atomic E-state index is 0.0324. The number of rotatable bonds is 3. The van der Waals surface area contributed by atoms with E-state index in [4.69, 9.17) is 14.6 Å². The molecule has 1 heterocycles. The molecule has 7 heteroatoms. The van der Waals surface area contributed by atoms with E-state index >= 15 is 0 Å². The molecule has 7 nitrogen and oxygen atoms in total. The summed E-state index contributed by atoms with van der Waals surface area (Å²) in [5.74, 6) is -1.14. The van der Waals surface area contributed by atoms with Gasteiger partial charge in [0, 0.05) is 6.42 Å². The van der Waals surface area contributed by atoms with Crippen LogP contribution in [0.3, 0.4) is 0 Å². The second-order valence-corrected chi connectivity index (χ2v) is 5.08. The minimum atomic E-state index is -1.14. The Morgan fingerprint density at radius 3 is 2.44 bits per heavy atom. The summed E-state index contributed by atoms with van der Waals surface area (Å²) in [7, 11) is 0. The second kappa shape index (κ2) is 5.24. The summed E-state index contributed by atoms with van der Waals surface area (Å²) in [6.07, 6.45) is -1.24. The molecule has 0 aromatic heterocycles. The number of carbonyl (C=O) groups is 3. The number of ether oxygens (including phenoxy) is 2. The van der Waals surface area contributed by atoms with Gasteiger partial charge in [-0.05, 0) is 20.8 Å². The van der Waals surface area contributed by atoms with Crippen molar-refractivity contribution in [2.24, 2.45) is 0 Å². The highest BCUT2D eigenvalue weighted by atomic mass is 16.6. The molecule has 1 aliphatic heterocycles. The monoisotopic (exact) mass is 259 g/mol. The van der Waals surface area contributed by atoms with E-state index in [2.05, 4.69) is 0 Å². The Bertz CT molecular complexity index is 348. The first-order valence-electron chi connectivity index (χ1n) is 5.56. The molecule has 0 aromatic rings. The van der Waals surface area contributed by atoms with Crippen LogP contribution in [0.1, 0.15) is 27.2 Å². The van der Waals surface area contributed by atoms with Crippen molar-refractivity contribution in [3.63, 3.8) is 0 Å². The van der Waals surface area contributed by atoms with E-state index in [0.717, 1.165) is 4.90 Å². The molecule has 1 amide bonds. The lowest BCUT2D eigenvalue weighted by atomic mass is 10.2. The molecule has 0 unspecified atom stereocenters. The van der Waals surface area contributed by atoms with Gasteiger partial charge in [-0.15, -0.1) is 0 Å². The molecule has 0 bridgehead atoms. The summed E-state index contributed by atoms with van der Waals surface area (Å²) in [6.45, 7) is 5.36. The predicted molar refractivity (Wildman–Crippen MR) is 59.9 cm³/mol. The fourth-order valence-corrected chi connectivity index (χ4v) is 1.73. The van der Waals surface area contributed by atoms with E-state index in [-0.39, 0.29) is 19.4 Å². The Kier molecular flexibility index (Phi) is 4.15. The molecule has 0 radical (unpaired) electrons. The molecule has 102 valence electrons. The number of likely N-dealkylation sites (tertiary alicyclic amines) is 1. The van der Waals surface area contributed by atoms with Crippen molar-refractivity contribution in [3.05, 3.63) is 0 Å². The maximum Gasteiger partial charge on any atom is 0.411 e. The average Bonchev–Trinajstić information content (AvgIpc) is 2.59. The molecule has 1 N–H and O–H groups in total. The fourth-order valence-electron chi connectivity index (χ4n) is 1.73. The zero-order chi connectivity index (χ0) is 13.9. The first kappa shape index (κ1) is 14.3. The lowest BCUT2D eigenvalue weighted by Gasteiger charge is -2.26. The third kappa shape index (κ3) is 3.61. The maximum atomic E-state index is 11.8. The fraction of sp³-hybridized carbons (Fsp3) is 0.727. The van der Waals surface area contributed by atoms with Crippen molar-refractivity contribution in [1.29, 1.82) is 0 Å². The molecular weight excluding hydrogens is 242 g/mol. The number of hydrogen-bond donors (Lipinski definition) is 1. The SMILES string of the molecule is CC(C)(C)OC(=O)N1C[C@@H](OC=O)C[C@H]1C(=O)O. The topological polar surface area (TPSA) is 93.1 Å². The number of carbonyl (C=O) groups excluding carboxylic acids is 2. The Morgan fingerprint density at radius 2 is 2.00 bits per heavy atom. The molecule has 1 aliphatic rings. The van der Waals surface area contributed by atoms with Crippen LogP contribution in [0.2, 0.25) is 0 Å². The van der Waals surface area contributed by atoms with Crippen LogP contribution in [0, 0.1) is 0 Å². The van der Waals surface area contributed by atoms with Crippen LogP contribution in [0.5, 0.6) is 0 Å². The summed E-state index contributed by atoms with van der Waals surface area (Å²) in [4.78, 5) is 34.2. The molecule has 1 fully saturated rings. The lowest BCUT2D eigenvalue weighted by Crippen LogP contribution is -2.43. The van der Waals surface area contributed by atoms with Gasteiger partial charge >= 0.3 is 12.1 Å². The molecule has 0 spiro atoms. The molecule has 0 aliphatic carbocycles. The van der Waals surface area contributed by atoms with E-state index in [1.165, 1.54) is 0 Å². The normalized spacial score (nSPS) is 23.6. The summed E-state index contributed by atoms with van der Waals surface area (Å²) in [5.41, 5.74) is -0.705. The van der Waals surface area contributed by atoms with Gasteiger partial charge in [-0.25, -0.2) is 9.59 Å². The van der Waals surface area contributed by atoms with E-state index in [1.807, 2.05) is 0 Å². The highest BCUT2D eigenvalue weighted by Gasteiger charge is 2.42. The largest absolute Gasteiger partial charge is 0.480 e. The summed E-state index contributed by atoms with van der Waals surface area (Å²) >= 11 is 0. The molecule has 1 rings (SSSR count). The van der Waals surface area contributed by atoms with Crippen molar-refractivity contribution in [2.45, 2.75) is 44.9 Å².